The Balaban J connectivity index is 2.97. The predicted molar refractivity (Wildman–Crippen MR) is 59.9 cm³/mol. The number of nitrogens with one attached hydrogen (secondary N) is 1. The molecule has 0 aliphatic heterocycles. The van der Waals surface area contributed by atoms with Crippen molar-refractivity contribution in [2.45, 2.75) is 18.6 Å². The average Bonchev–Trinajstić information content (AvgIpc) is 2.29. The van der Waals surface area contributed by atoms with Gasteiger partial charge >= 0.3 is 12.1 Å². The molecule has 0 aliphatic rings. The highest BCUT2D eigenvalue weighted by Gasteiger charge is 2.31. The molecular weight excluding hydrogens is 266 g/mol. The second-order valence-corrected chi connectivity index (χ2v) is 3.64. The van der Waals surface area contributed by atoms with Crippen LogP contribution in [0.15, 0.2) is 18.2 Å². The summed E-state index contributed by atoms with van der Waals surface area (Å²) in [7, 11) is 0. The van der Waals surface area contributed by atoms with E-state index in [4.69, 9.17) is 11.5 Å². The molecule has 3 nitrogen and oxygen atoms in total. The zero-order valence-electron chi connectivity index (χ0n) is 9.46. The van der Waals surface area contributed by atoms with Crippen LogP contribution in [0.3, 0.4) is 0 Å². The van der Waals surface area contributed by atoms with E-state index in [1.807, 2.05) is 0 Å². The SMILES string of the molecule is C#CCC(Nc1ccc(C(F)(F)F)cc1F)C(=O)O. The summed E-state index contributed by atoms with van der Waals surface area (Å²) < 4.78 is 50.3. The molecule has 7 heteroatoms. The van der Waals surface area contributed by atoms with Crippen LogP contribution in [0, 0.1) is 18.2 Å². The molecule has 1 aromatic rings. The highest BCUT2D eigenvalue weighted by molar-refractivity contribution is 5.77. The van der Waals surface area contributed by atoms with Crippen LogP contribution < -0.4 is 5.32 Å². The number of alkyl halides is 3. The maximum atomic E-state index is 13.4. The third-order valence-electron chi connectivity index (χ3n) is 2.25. The van der Waals surface area contributed by atoms with Gasteiger partial charge in [-0.1, -0.05) is 0 Å². The van der Waals surface area contributed by atoms with Crippen molar-refractivity contribution in [1.82, 2.24) is 0 Å². The molecule has 0 fully saturated rings. The Kier molecular flexibility index (Phi) is 4.38. The quantitative estimate of drug-likeness (QED) is 0.656. The fraction of sp³-hybridized carbons (Fsp3) is 0.250. The van der Waals surface area contributed by atoms with E-state index in [0.29, 0.717) is 6.07 Å². The number of anilines is 1. The molecule has 1 rings (SSSR count). The number of aliphatic carboxylic acids is 1. The van der Waals surface area contributed by atoms with Crippen LogP contribution in [0.1, 0.15) is 12.0 Å². The van der Waals surface area contributed by atoms with Gasteiger partial charge in [-0.3, -0.25) is 0 Å². The molecule has 0 amide bonds. The Bertz CT molecular complexity index is 519. The summed E-state index contributed by atoms with van der Waals surface area (Å²) in [5.74, 6) is -0.440. The lowest BCUT2D eigenvalue weighted by Crippen LogP contribution is -2.29. The summed E-state index contributed by atoms with van der Waals surface area (Å²) in [6.45, 7) is 0. The molecule has 1 aromatic carbocycles. The zero-order valence-corrected chi connectivity index (χ0v) is 9.46. The minimum absolute atomic E-state index is 0.226. The number of carboxylic acids is 1. The normalized spacial score (nSPS) is 12.6. The van der Waals surface area contributed by atoms with Crippen molar-refractivity contribution >= 4 is 11.7 Å². The molecule has 0 saturated heterocycles. The molecule has 19 heavy (non-hydrogen) atoms. The number of benzene rings is 1. The maximum absolute atomic E-state index is 13.4. The molecule has 0 radical (unpaired) electrons. The Morgan fingerprint density at radius 1 is 1.47 bits per heavy atom. The van der Waals surface area contributed by atoms with Crippen LogP contribution in [0.25, 0.3) is 0 Å². The minimum Gasteiger partial charge on any atom is -0.480 e. The Morgan fingerprint density at radius 2 is 2.11 bits per heavy atom. The van der Waals surface area contributed by atoms with E-state index in [0.717, 1.165) is 6.07 Å². The van der Waals surface area contributed by atoms with E-state index >= 15 is 0 Å². The van der Waals surface area contributed by atoms with Gasteiger partial charge in [-0.2, -0.15) is 13.2 Å². The third-order valence-corrected chi connectivity index (χ3v) is 2.25. The van der Waals surface area contributed by atoms with Gasteiger partial charge in [-0.25, -0.2) is 9.18 Å². The molecule has 2 N–H and O–H groups in total. The van der Waals surface area contributed by atoms with Crippen molar-refractivity contribution in [3.63, 3.8) is 0 Å². The first-order chi connectivity index (χ1) is 8.75. The van der Waals surface area contributed by atoms with Crippen molar-refractivity contribution in [1.29, 1.82) is 0 Å². The van der Waals surface area contributed by atoms with Gasteiger partial charge in [0, 0.05) is 6.42 Å². The largest absolute Gasteiger partial charge is 0.480 e. The van der Waals surface area contributed by atoms with Gasteiger partial charge in [0.1, 0.15) is 11.9 Å². The number of halogens is 4. The first-order valence-corrected chi connectivity index (χ1v) is 5.05. The van der Waals surface area contributed by atoms with E-state index in [1.54, 1.807) is 0 Å². The standard InChI is InChI=1S/C12H9F4NO2/c1-2-3-10(11(18)19)17-9-5-4-7(6-8(9)13)12(14,15)16/h1,4-6,10,17H,3H2,(H,18,19). The maximum Gasteiger partial charge on any atom is 0.416 e. The number of rotatable bonds is 4. The first-order valence-electron chi connectivity index (χ1n) is 5.05. The highest BCUT2D eigenvalue weighted by Crippen LogP contribution is 2.31. The van der Waals surface area contributed by atoms with Crippen LogP contribution in [-0.4, -0.2) is 17.1 Å². The second kappa shape index (κ2) is 5.61. The summed E-state index contributed by atoms with van der Waals surface area (Å²) in [6, 6.07) is 0.498. The molecule has 0 aromatic heterocycles. The van der Waals surface area contributed by atoms with E-state index < -0.39 is 29.6 Å². The number of carboxylic acid groups (broad SMARTS) is 1. The molecular formula is C12H9F4NO2. The summed E-state index contributed by atoms with van der Waals surface area (Å²) in [5, 5.41) is 11.0. The lowest BCUT2D eigenvalue weighted by atomic mass is 10.1. The fourth-order valence-electron chi connectivity index (χ4n) is 1.31. The van der Waals surface area contributed by atoms with Crippen LogP contribution in [-0.2, 0) is 11.0 Å². The van der Waals surface area contributed by atoms with Gasteiger partial charge < -0.3 is 10.4 Å². The number of carbonyl (C=O) groups is 1. The van der Waals surface area contributed by atoms with Gasteiger partial charge in [0.05, 0.1) is 11.3 Å². The highest BCUT2D eigenvalue weighted by atomic mass is 19.4. The van der Waals surface area contributed by atoms with E-state index in [-0.39, 0.29) is 18.2 Å². The minimum atomic E-state index is -4.66. The van der Waals surface area contributed by atoms with Crippen molar-refractivity contribution in [3.05, 3.63) is 29.6 Å². The predicted octanol–water partition coefficient (Wildman–Crippen LogP) is 2.73. The van der Waals surface area contributed by atoms with Crippen molar-refractivity contribution in [2.24, 2.45) is 0 Å². The molecule has 0 saturated carbocycles. The Morgan fingerprint density at radius 3 is 2.53 bits per heavy atom. The van der Waals surface area contributed by atoms with E-state index in [9.17, 15) is 22.4 Å². The topological polar surface area (TPSA) is 49.3 Å². The van der Waals surface area contributed by atoms with Crippen molar-refractivity contribution in [3.8, 4) is 12.3 Å². The van der Waals surface area contributed by atoms with Gasteiger partial charge in [0.25, 0.3) is 0 Å². The molecule has 0 aliphatic carbocycles. The van der Waals surface area contributed by atoms with Gasteiger partial charge in [-0.15, -0.1) is 12.3 Å². The summed E-state index contributed by atoms with van der Waals surface area (Å²) in [5.41, 5.74) is -1.50. The summed E-state index contributed by atoms with van der Waals surface area (Å²) >= 11 is 0. The molecule has 1 atom stereocenters. The van der Waals surface area contributed by atoms with Gasteiger partial charge in [0.15, 0.2) is 0 Å². The smallest absolute Gasteiger partial charge is 0.416 e. The van der Waals surface area contributed by atoms with Crippen molar-refractivity contribution in [2.75, 3.05) is 5.32 Å². The van der Waals surface area contributed by atoms with Crippen LogP contribution in [0.4, 0.5) is 23.2 Å². The zero-order chi connectivity index (χ0) is 14.6. The summed E-state index contributed by atoms with van der Waals surface area (Å²) in [6.07, 6.45) is 0.0556. The average molecular weight is 275 g/mol. The first kappa shape index (κ1) is 14.8. The van der Waals surface area contributed by atoms with Crippen LogP contribution in [0.5, 0.6) is 0 Å². The van der Waals surface area contributed by atoms with Gasteiger partial charge in [0.2, 0.25) is 0 Å². The monoisotopic (exact) mass is 275 g/mol. The van der Waals surface area contributed by atoms with Crippen LogP contribution >= 0.6 is 0 Å². The number of hydrogen-bond donors (Lipinski definition) is 2. The molecule has 0 spiro atoms. The van der Waals surface area contributed by atoms with E-state index in [1.165, 1.54) is 0 Å². The van der Waals surface area contributed by atoms with Crippen molar-refractivity contribution < 1.29 is 27.5 Å². The molecule has 1 unspecified atom stereocenters. The number of terminal acetylenes is 1. The molecule has 0 bridgehead atoms. The lowest BCUT2D eigenvalue weighted by molar-refractivity contribution is -0.138. The summed E-state index contributed by atoms with van der Waals surface area (Å²) in [4.78, 5) is 10.8. The Labute approximate surface area is 106 Å². The third kappa shape index (κ3) is 3.88. The molecule has 102 valence electrons. The van der Waals surface area contributed by atoms with Crippen LogP contribution in [0.2, 0.25) is 0 Å². The second-order valence-electron chi connectivity index (χ2n) is 3.64. The molecule has 0 heterocycles. The lowest BCUT2D eigenvalue weighted by Gasteiger charge is -2.15. The number of hydrogen-bond acceptors (Lipinski definition) is 2. The Hall–Kier alpha value is -2.23. The fourth-order valence-corrected chi connectivity index (χ4v) is 1.31. The van der Waals surface area contributed by atoms with Gasteiger partial charge in [-0.05, 0) is 18.2 Å². The van der Waals surface area contributed by atoms with E-state index in [2.05, 4.69) is 11.2 Å².